The van der Waals surface area contributed by atoms with Crippen molar-refractivity contribution >= 4 is 28.5 Å². The molecule has 1 aromatic carbocycles. The molecular weight excluding hydrogens is 587 g/mol. The van der Waals surface area contributed by atoms with Crippen molar-refractivity contribution in [3.05, 3.63) is 57.7 Å². The van der Waals surface area contributed by atoms with Gasteiger partial charge in [-0.15, -0.1) is 0 Å². The summed E-state index contributed by atoms with van der Waals surface area (Å²) in [5.41, 5.74) is -1.17. The molecule has 0 radical (unpaired) electrons. The molecule has 2 aliphatic heterocycles. The smallest absolute Gasteiger partial charge is 0.388 e. The molecular formula is C30H35ClF3N5O4. The number of fused-ring (bicyclic) bond motifs is 1. The number of aliphatic hydroxyl groups is 1. The number of nitrogens with one attached hydrogen (secondary N) is 1. The lowest BCUT2D eigenvalue weighted by atomic mass is 9.90. The van der Waals surface area contributed by atoms with Crippen LogP contribution in [0.15, 0.2) is 41.5 Å². The van der Waals surface area contributed by atoms with Crippen LogP contribution in [0.4, 0.5) is 13.2 Å². The molecule has 1 amide bonds. The van der Waals surface area contributed by atoms with Crippen molar-refractivity contribution in [2.75, 3.05) is 26.2 Å². The van der Waals surface area contributed by atoms with Crippen molar-refractivity contribution in [1.29, 1.82) is 0 Å². The van der Waals surface area contributed by atoms with Gasteiger partial charge in [0.2, 0.25) is 5.91 Å². The zero-order chi connectivity index (χ0) is 30.9. The summed E-state index contributed by atoms with van der Waals surface area (Å²) < 4.78 is 48.4. The first kappa shape index (κ1) is 30.1. The van der Waals surface area contributed by atoms with E-state index in [-0.39, 0.29) is 61.5 Å². The summed E-state index contributed by atoms with van der Waals surface area (Å²) >= 11 is 6.58. The van der Waals surface area contributed by atoms with E-state index in [1.165, 1.54) is 22.7 Å². The van der Waals surface area contributed by atoms with Crippen molar-refractivity contribution < 1.29 is 27.8 Å². The lowest BCUT2D eigenvalue weighted by Gasteiger charge is -2.39. The van der Waals surface area contributed by atoms with E-state index in [2.05, 4.69) is 10.3 Å². The topological polar surface area (TPSA) is 102 Å². The first-order valence-electron chi connectivity index (χ1n) is 14.4. The van der Waals surface area contributed by atoms with Crippen molar-refractivity contribution in [3.8, 4) is 5.69 Å². The summed E-state index contributed by atoms with van der Waals surface area (Å²) in [6.07, 6.45) is -3.00. The second-order valence-electron chi connectivity index (χ2n) is 13.0. The SMILES string of the molecule is CC1(C)CN[C@H](c2ccc(-n3c(Cl)cc4c(=O)n(CC5(O)CCN(C(=O)[C@]6(C)C[C@H]6C(F)(F)F)CC5)cnc43)cc2)CO1. The Morgan fingerprint density at radius 3 is 2.44 bits per heavy atom. The fourth-order valence-electron chi connectivity index (χ4n) is 6.34. The third kappa shape index (κ3) is 5.58. The predicted molar refractivity (Wildman–Crippen MR) is 154 cm³/mol. The molecule has 3 aliphatic rings. The van der Waals surface area contributed by atoms with E-state index >= 15 is 0 Å². The minimum absolute atomic E-state index is 0.0636. The van der Waals surface area contributed by atoms with Crippen LogP contribution in [0.3, 0.4) is 0 Å². The third-order valence-corrected chi connectivity index (χ3v) is 9.55. The second-order valence-corrected chi connectivity index (χ2v) is 13.4. The Morgan fingerprint density at radius 2 is 1.86 bits per heavy atom. The van der Waals surface area contributed by atoms with E-state index < -0.39 is 29.0 Å². The van der Waals surface area contributed by atoms with Crippen LogP contribution in [0.5, 0.6) is 0 Å². The fourth-order valence-corrected chi connectivity index (χ4v) is 6.63. The van der Waals surface area contributed by atoms with E-state index in [0.717, 1.165) is 17.8 Å². The van der Waals surface area contributed by atoms with Gasteiger partial charge in [0, 0.05) is 25.3 Å². The summed E-state index contributed by atoms with van der Waals surface area (Å²) in [6, 6.07) is 9.40. The van der Waals surface area contributed by atoms with Gasteiger partial charge in [-0.3, -0.25) is 18.7 Å². The van der Waals surface area contributed by atoms with E-state index in [1.807, 2.05) is 38.1 Å². The van der Waals surface area contributed by atoms with E-state index in [1.54, 1.807) is 10.6 Å². The quantitative estimate of drug-likeness (QED) is 0.443. The number of hydrogen-bond acceptors (Lipinski definition) is 6. The number of carbonyl (C=O) groups is 1. The number of ether oxygens (including phenoxy) is 1. The molecule has 0 unspecified atom stereocenters. The monoisotopic (exact) mass is 621 g/mol. The van der Waals surface area contributed by atoms with Gasteiger partial charge in [0.1, 0.15) is 11.5 Å². The van der Waals surface area contributed by atoms with Gasteiger partial charge >= 0.3 is 6.18 Å². The van der Waals surface area contributed by atoms with Gasteiger partial charge in [-0.05, 0) is 56.9 Å². The summed E-state index contributed by atoms with van der Waals surface area (Å²) in [4.78, 5) is 32.2. The zero-order valence-corrected chi connectivity index (χ0v) is 25.0. The molecule has 43 heavy (non-hydrogen) atoms. The van der Waals surface area contributed by atoms with Crippen LogP contribution in [-0.4, -0.2) is 73.7 Å². The van der Waals surface area contributed by atoms with Crippen LogP contribution in [0, 0.1) is 11.3 Å². The van der Waals surface area contributed by atoms with E-state index in [0.29, 0.717) is 17.4 Å². The molecule has 4 heterocycles. The Balaban J connectivity index is 1.15. The highest BCUT2D eigenvalue weighted by Gasteiger charge is 2.68. The molecule has 1 aliphatic carbocycles. The summed E-state index contributed by atoms with van der Waals surface area (Å²) in [5.74, 6) is -2.16. The van der Waals surface area contributed by atoms with Gasteiger partial charge in [0.15, 0.2) is 5.65 Å². The summed E-state index contributed by atoms with van der Waals surface area (Å²) in [6.45, 7) is 6.87. The number of halogens is 4. The molecule has 6 rings (SSSR count). The Morgan fingerprint density at radius 1 is 1.19 bits per heavy atom. The Bertz CT molecular complexity index is 1600. The van der Waals surface area contributed by atoms with E-state index in [9.17, 15) is 27.9 Å². The summed E-state index contributed by atoms with van der Waals surface area (Å²) in [5, 5.41) is 15.4. The standard InChI is InChI=1S/C30H35ClF3N5O4/c1-27(2)15-35-21(14-43-27)18-4-6-19(7-5-18)39-23(31)12-20-24(39)36-17-38(25(20)40)16-29(42)8-10-37(11-9-29)26(41)28(3)13-22(28)30(32,33)34/h4-7,12,17,21-22,35,42H,8-11,13-16H2,1-3H3/t21-,22+,28+/m0/s1. The first-order chi connectivity index (χ1) is 20.1. The normalized spacial score (nSPS) is 26.9. The average molecular weight is 622 g/mol. The van der Waals surface area contributed by atoms with Gasteiger partial charge in [-0.1, -0.05) is 30.7 Å². The highest BCUT2D eigenvalue weighted by Crippen LogP contribution is 2.61. The lowest BCUT2D eigenvalue weighted by Crippen LogP contribution is -2.51. The predicted octanol–water partition coefficient (Wildman–Crippen LogP) is 4.22. The van der Waals surface area contributed by atoms with Crippen molar-refractivity contribution in [3.63, 3.8) is 0 Å². The van der Waals surface area contributed by atoms with Gasteiger partial charge in [0.25, 0.3) is 5.56 Å². The Kier molecular flexibility index (Phi) is 7.23. The average Bonchev–Trinajstić information content (AvgIpc) is 3.56. The number of aromatic nitrogens is 3. The minimum Gasteiger partial charge on any atom is -0.388 e. The van der Waals surface area contributed by atoms with Crippen molar-refractivity contribution in [2.24, 2.45) is 11.3 Å². The van der Waals surface area contributed by atoms with Crippen LogP contribution in [0.25, 0.3) is 16.7 Å². The molecule has 0 spiro atoms. The number of benzene rings is 1. The minimum atomic E-state index is -4.40. The highest BCUT2D eigenvalue weighted by atomic mass is 35.5. The molecule has 2 N–H and O–H groups in total. The number of rotatable bonds is 5. The number of nitrogens with zero attached hydrogens (tertiary/aromatic N) is 4. The molecule has 0 bridgehead atoms. The maximum absolute atomic E-state index is 13.4. The second kappa shape index (κ2) is 10.3. The maximum atomic E-state index is 13.4. The highest BCUT2D eigenvalue weighted by molar-refractivity contribution is 6.31. The number of hydrogen-bond donors (Lipinski definition) is 2. The molecule has 232 valence electrons. The number of alkyl halides is 3. The number of piperidine rings is 1. The van der Waals surface area contributed by atoms with Gasteiger partial charge in [-0.25, -0.2) is 4.98 Å². The Hall–Kier alpha value is -2.93. The number of carbonyl (C=O) groups excluding carboxylic acids is 1. The molecule has 2 saturated heterocycles. The number of likely N-dealkylation sites (tertiary alicyclic amines) is 1. The van der Waals surface area contributed by atoms with Crippen LogP contribution in [0.1, 0.15) is 51.6 Å². The molecule has 1 saturated carbocycles. The molecule has 2 aromatic heterocycles. The van der Waals surface area contributed by atoms with Crippen LogP contribution in [0.2, 0.25) is 5.15 Å². The largest absolute Gasteiger partial charge is 0.392 e. The summed E-state index contributed by atoms with van der Waals surface area (Å²) in [7, 11) is 0. The van der Waals surface area contributed by atoms with Crippen molar-refractivity contribution in [1.82, 2.24) is 24.3 Å². The molecule has 3 fully saturated rings. The maximum Gasteiger partial charge on any atom is 0.392 e. The zero-order valence-electron chi connectivity index (χ0n) is 24.2. The van der Waals surface area contributed by atoms with E-state index in [4.69, 9.17) is 16.3 Å². The number of amides is 1. The molecule has 9 nitrogen and oxygen atoms in total. The first-order valence-corrected chi connectivity index (χ1v) is 14.8. The van der Waals surface area contributed by atoms with Crippen molar-refractivity contribution in [2.45, 2.75) is 70.0 Å². The molecule has 13 heteroatoms. The van der Waals surface area contributed by atoms with Gasteiger partial charge in [0.05, 0.1) is 47.1 Å². The van der Waals surface area contributed by atoms with Crippen LogP contribution >= 0.6 is 11.6 Å². The van der Waals surface area contributed by atoms with Gasteiger partial charge < -0.3 is 20.1 Å². The van der Waals surface area contributed by atoms with Gasteiger partial charge in [-0.2, -0.15) is 13.2 Å². The molecule has 3 atom stereocenters. The Labute approximate surface area is 251 Å². The van der Waals surface area contributed by atoms with Crippen LogP contribution < -0.4 is 10.9 Å². The number of morpholine rings is 1. The lowest BCUT2D eigenvalue weighted by molar-refractivity contribution is -0.165. The van der Waals surface area contributed by atoms with Crippen LogP contribution in [-0.2, 0) is 16.1 Å². The third-order valence-electron chi connectivity index (χ3n) is 9.28. The fraction of sp³-hybridized carbons (Fsp3) is 0.567. The molecule has 3 aromatic rings.